The summed E-state index contributed by atoms with van der Waals surface area (Å²) in [5.74, 6) is 0.834. The average Bonchev–Trinajstić information content (AvgIpc) is 2.08. The van der Waals surface area contributed by atoms with Crippen LogP contribution >= 0.6 is 0 Å². The first-order chi connectivity index (χ1) is 6.52. The molecule has 0 aromatic carbocycles. The highest BCUT2D eigenvalue weighted by molar-refractivity contribution is 4.62. The fourth-order valence-corrected chi connectivity index (χ4v) is 1.43. The lowest BCUT2D eigenvalue weighted by Crippen LogP contribution is -2.29. The molecule has 0 aliphatic carbocycles. The van der Waals surface area contributed by atoms with E-state index < -0.39 is 0 Å². The second-order valence-electron chi connectivity index (χ2n) is 4.98. The molecule has 0 aromatic rings. The summed E-state index contributed by atoms with van der Waals surface area (Å²) in [5, 5.41) is 3.57. The minimum Gasteiger partial charge on any atom is -0.314 e. The molecule has 0 bridgehead atoms. The van der Waals surface area contributed by atoms with Crippen LogP contribution in [0.1, 0.15) is 40.0 Å². The van der Waals surface area contributed by atoms with Crippen LogP contribution in [0.25, 0.3) is 0 Å². The Bertz CT molecular complexity index is 121. The predicted molar refractivity (Wildman–Crippen MR) is 64.7 cm³/mol. The first-order valence-electron chi connectivity index (χ1n) is 5.90. The minimum atomic E-state index is 0.680. The van der Waals surface area contributed by atoms with Crippen molar-refractivity contribution in [1.29, 1.82) is 0 Å². The van der Waals surface area contributed by atoms with Crippen molar-refractivity contribution in [1.82, 2.24) is 10.2 Å². The molecule has 2 heteroatoms. The highest BCUT2D eigenvalue weighted by Crippen LogP contribution is 2.06. The molecule has 0 aliphatic rings. The molecule has 0 saturated heterocycles. The fourth-order valence-electron chi connectivity index (χ4n) is 1.43. The Morgan fingerprint density at radius 2 is 1.71 bits per heavy atom. The first kappa shape index (κ1) is 13.9. The molecular formula is C12H28N2. The highest BCUT2D eigenvalue weighted by Gasteiger charge is 2.02. The summed E-state index contributed by atoms with van der Waals surface area (Å²) >= 11 is 0. The van der Waals surface area contributed by atoms with Gasteiger partial charge in [-0.15, -0.1) is 0 Å². The van der Waals surface area contributed by atoms with Crippen molar-refractivity contribution in [3.8, 4) is 0 Å². The van der Waals surface area contributed by atoms with Gasteiger partial charge in [-0.25, -0.2) is 0 Å². The molecule has 86 valence electrons. The second kappa shape index (κ2) is 8.25. The van der Waals surface area contributed by atoms with Gasteiger partial charge in [0, 0.05) is 6.04 Å². The average molecular weight is 200 g/mol. The molecular weight excluding hydrogens is 172 g/mol. The van der Waals surface area contributed by atoms with Crippen molar-refractivity contribution in [2.24, 2.45) is 5.92 Å². The number of nitrogens with zero attached hydrogens (tertiary/aromatic N) is 1. The van der Waals surface area contributed by atoms with Crippen molar-refractivity contribution in [3.63, 3.8) is 0 Å². The Morgan fingerprint density at radius 3 is 2.21 bits per heavy atom. The Morgan fingerprint density at radius 1 is 1.07 bits per heavy atom. The SMILES string of the molecule is CC(C)CCC(C)NCCCN(C)C. The Labute approximate surface area is 90.1 Å². The summed E-state index contributed by atoms with van der Waals surface area (Å²) in [6, 6.07) is 0.680. The zero-order valence-corrected chi connectivity index (χ0v) is 10.6. The van der Waals surface area contributed by atoms with Gasteiger partial charge in [0.2, 0.25) is 0 Å². The summed E-state index contributed by atoms with van der Waals surface area (Å²) in [6.45, 7) is 9.21. The third kappa shape index (κ3) is 10.0. The van der Waals surface area contributed by atoms with Gasteiger partial charge in [0.15, 0.2) is 0 Å². The molecule has 2 nitrogen and oxygen atoms in total. The maximum atomic E-state index is 3.57. The lowest BCUT2D eigenvalue weighted by Gasteiger charge is -2.16. The van der Waals surface area contributed by atoms with E-state index in [2.05, 4.69) is 45.1 Å². The van der Waals surface area contributed by atoms with Crippen LogP contribution in [0, 0.1) is 5.92 Å². The van der Waals surface area contributed by atoms with Crippen LogP contribution in [0.3, 0.4) is 0 Å². The summed E-state index contributed by atoms with van der Waals surface area (Å²) in [4.78, 5) is 2.24. The van der Waals surface area contributed by atoms with Crippen LogP contribution in [0.2, 0.25) is 0 Å². The zero-order chi connectivity index (χ0) is 11.0. The van der Waals surface area contributed by atoms with Crippen molar-refractivity contribution >= 4 is 0 Å². The monoisotopic (exact) mass is 200 g/mol. The Kier molecular flexibility index (Phi) is 8.20. The van der Waals surface area contributed by atoms with Crippen LogP contribution in [0.4, 0.5) is 0 Å². The van der Waals surface area contributed by atoms with Gasteiger partial charge >= 0.3 is 0 Å². The molecule has 0 rings (SSSR count). The van der Waals surface area contributed by atoms with Crippen LogP contribution < -0.4 is 5.32 Å². The van der Waals surface area contributed by atoms with Gasteiger partial charge in [-0.1, -0.05) is 13.8 Å². The molecule has 1 unspecified atom stereocenters. The number of nitrogens with one attached hydrogen (secondary N) is 1. The summed E-state index contributed by atoms with van der Waals surface area (Å²) in [7, 11) is 4.25. The van der Waals surface area contributed by atoms with Crippen molar-refractivity contribution in [2.45, 2.75) is 46.1 Å². The zero-order valence-electron chi connectivity index (χ0n) is 10.6. The molecule has 0 aliphatic heterocycles. The van der Waals surface area contributed by atoms with Gasteiger partial charge in [0.05, 0.1) is 0 Å². The van der Waals surface area contributed by atoms with Crippen LogP contribution in [0.15, 0.2) is 0 Å². The summed E-state index contributed by atoms with van der Waals surface area (Å²) in [6.07, 6.45) is 3.89. The van der Waals surface area contributed by atoms with E-state index in [0.29, 0.717) is 6.04 Å². The molecule has 0 spiro atoms. The topological polar surface area (TPSA) is 15.3 Å². The molecule has 1 N–H and O–H groups in total. The van der Waals surface area contributed by atoms with Crippen LogP contribution in [0.5, 0.6) is 0 Å². The van der Waals surface area contributed by atoms with E-state index in [9.17, 15) is 0 Å². The molecule has 0 aromatic heterocycles. The highest BCUT2D eigenvalue weighted by atomic mass is 15.1. The van der Waals surface area contributed by atoms with E-state index in [1.54, 1.807) is 0 Å². The van der Waals surface area contributed by atoms with E-state index >= 15 is 0 Å². The standard InChI is InChI=1S/C12H28N2/c1-11(2)7-8-12(3)13-9-6-10-14(4)5/h11-13H,6-10H2,1-5H3. The Hall–Kier alpha value is -0.0800. The van der Waals surface area contributed by atoms with Gasteiger partial charge in [-0.2, -0.15) is 0 Å². The third-order valence-corrected chi connectivity index (χ3v) is 2.45. The largest absolute Gasteiger partial charge is 0.314 e. The molecule has 14 heavy (non-hydrogen) atoms. The maximum absolute atomic E-state index is 3.57. The van der Waals surface area contributed by atoms with Crippen molar-refractivity contribution < 1.29 is 0 Å². The van der Waals surface area contributed by atoms with Gasteiger partial charge in [-0.05, 0) is 59.3 Å². The quantitative estimate of drug-likeness (QED) is 0.605. The van der Waals surface area contributed by atoms with E-state index in [0.717, 1.165) is 12.5 Å². The van der Waals surface area contributed by atoms with Crippen LogP contribution in [-0.4, -0.2) is 38.1 Å². The lowest BCUT2D eigenvalue weighted by atomic mass is 10.0. The van der Waals surface area contributed by atoms with Gasteiger partial charge in [-0.3, -0.25) is 0 Å². The first-order valence-corrected chi connectivity index (χ1v) is 5.90. The Balaban J connectivity index is 3.22. The third-order valence-electron chi connectivity index (χ3n) is 2.45. The number of hydrogen-bond acceptors (Lipinski definition) is 2. The number of rotatable bonds is 8. The summed E-state index contributed by atoms with van der Waals surface area (Å²) < 4.78 is 0. The normalized spacial score (nSPS) is 13.9. The van der Waals surface area contributed by atoms with Gasteiger partial charge in [0.1, 0.15) is 0 Å². The van der Waals surface area contributed by atoms with Crippen molar-refractivity contribution in [3.05, 3.63) is 0 Å². The lowest BCUT2D eigenvalue weighted by molar-refractivity contribution is 0.380. The minimum absolute atomic E-state index is 0.680. The van der Waals surface area contributed by atoms with E-state index in [1.807, 2.05) is 0 Å². The second-order valence-corrected chi connectivity index (χ2v) is 4.98. The smallest absolute Gasteiger partial charge is 0.00388 e. The molecule has 0 amide bonds. The van der Waals surface area contributed by atoms with E-state index in [4.69, 9.17) is 0 Å². The number of hydrogen-bond donors (Lipinski definition) is 1. The van der Waals surface area contributed by atoms with E-state index in [-0.39, 0.29) is 0 Å². The molecule has 0 heterocycles. The van der Waals surface area contributed by atoms with Gasteiger partial charge in [0.25, 0.3) is 0 Å². The van der Waals surface area contributed by atoms with E-state index in [1.165, 1.54) is 25.8 Å². The summed E-state index contributed by atoms with van der Waals surface area (Å²) in [5.41, 5.74) is 0. The molecule has 1 atom stereocenters. The molecule has 0 fully saturated rings. The van der Waals surface area contributed by atoms with Crippen molar-refractivity contribution in [2.75, 3.05) is 27.2 Å². The molecule has 0 saturated carbocycles. The predicted octanol–water partition coefficient (Wildman–Crippen LogP) is 2.35. The fraction of sp³-hybridized carbons (Fsp3) is 1.00. The van der Waals surface area contributed by atoms with Crippen LogP contribution in [-0.2, 0) is 0 Å². The van der Waals surface area contributed by atoms with Gasteiger partial charge < -0.3 is 10.2 Å². The maximum Gasteiger partial charge on any atom is 0.00388 e. The molecule has 0 radical (unpaired) electrons.